The van der Waals surface area contributed by atoms with Crippen LogP contribution in [0.25, 0.3) is 0 Å². The molecule has 0 aromatic heterocycles. The van der Waals surface area contributed by atoms with Crippen LogP contribution >= 0.6 is 0 Å². The Morgan fingerprint density at radius 1 is 1.44 bits per heavy atom. The first-order valence-corrected chi connectivity index (χ1v) is 6.21. The Bertz CT molecular complexity index is 390. The Labute approximate surface area is 96.3 Å². The highest BCUT2D eigenvalue weighted by Crippen LogP contribution is 2.15. The highest BCUT2D eigenvalue weighted by molar-refractivity contribution is 7.85. The molecule has 0 heterocycles. The van der Waals surface area contributed by atoms with E-state index in [1.54, 1.807) is 0 Å². The molecule has 2 unspecified atom stereocenters. The lowest BCUT2D eigenvalue weighted by Gasteiger charge is -2.04. The SMILES string of the molecule is CC(N)CCS(=O)c1ccc([N+](=O)[O-])cc1. The average molecular weight is 242 g/mol. The van der Waals surface area contributed by atoms with Gasteiger partial charge in [-0.1, -0.05) is 0 Å². The first kappa shape index (κ1) is 12.8. The van der Waals surface area contributed by atoms with Gasteiger partial charge in [0.1, 0.15) is 0 Å². The summed E-state index contributed by atoms with van der Waals surface area (Å²) >= 11 is 0. The fraction of sp³-hybridized carbons (Fsp3) is 0.400. The fourth-order valence-electron chi connectivity index (χ4n) is 1.13. The summed E-state index contributed by atoms with van der Waals surface area (Å²) in [5.41, 5.74) is 5.57. The molecule has 0 aliphatic rings. The number of non-ortho nitro benzene ring substituents is 1. The third-order valence-corrected chi connectivity index (χ3v) is 3.47. The van der Waals surface area contributed by atoms with Gasteiger partial charge in [-0.05, 0) is 25.5 Å². The van der Waals surface area contributed by atoms with E-state index in [2.05, 4.69) is 0 Å². The predicted octanol–water partition coefficient (Wildman–Crippen LogP) is 1.44. The van der Waals surface area contributed by atoms with E-state index in [0.29, 0.717) is 17.1 Å². The summed E-state index contributed by atoms with van der Waals surface area (Å²) in [5.74, 6) is 0.482. The Kier molecular flexibility index (Phi) is 4.57. The molecule has 5 nitrogen and oxygen atoms in total. The van der Waals surface area contributed by atoms with E-state index in [-0.39, 0.29) is 11.7 Å². The highest BCUT2D eigenvalue weighted by Gasteiger charge is 2.08. The summed E-state index contributed by atoms with van der Waals surface area (Å²) in [6.45, 7) is 1.85. The van der Waals surface area contributed by atoms with Gasteiger partial charge in [0.2, 0.25) is 0 Å². The summed E-state index contributed by atoms with van der Waals surface area (Å²) in [6, 6.07) is 5.78. The second kappa shape index (κ2) is 5.72. The Hall–Kier alpha value is -1.27. The fourth-order valence-corrected chi connectivity index (χ4v) is 2.39. The molecule has 0 amide bonds. The molecular weight excluding hydrogens is 228 g/mol. The van der Waals surface area contributed by atoms with Crippen LogP contribution in [0.15, 0.2) is 29.2 Å². The number of hydrogen-bond donors (Lipinski definition) is 1. The van der Waals surface area contributed by atoms with Gasteiger partial charge in [0, 0.05) is 28.8 Å². The van der Waals surface area contributed by atoms with Crippen molar-refractivity contribution in [3.63, 3.8) is 0 Å². The van der Waals surface area contributed by atoms with Crippen LogP contribution in [0.4, 0.5) is 5.69 Å². The van der Waals surface area contributed by atoms with Crippen LogP contribution in [0.3, 0.4) is 0 Å². The van der Waals surface area contributed by atoms with Crippen molar-refractivity contribution in [2.45, 2.75) is 24.3 Å². The zero-order valence-electron chi connectivity index (χ0n) is 8.96. The number of hydrogen-bond acceptors (Lipinski definition) is 4. The Balaban J connectivity index is 2.67. The van der Waals surface area contributed by atoms with Crippen LogP contribution in [-0.4, -0.2) is 20.9 Å². The van der Waals surface area contributed by atoms with Crippen molar-refractivity contribution in [3.8, 4) is 0 Å². The van der Waals surface area contributed by atoms with E-state index < -0.39 is 15.7 Å². The van der Waals surface area contributed by atoms with Gasteiger partial charge in [-0.25, -0.2) is 0 Å². The van der Waals surface area contributed by atoms with Crippen molar-refractivity contribution in [1.29, 1.82) is 0 Å². The van der Waals surface area contributed by atoms with E-state index in [1.807, 2.05) is 6.92 Å². The van der Waals surface area contributed by atoms with E-state index in [4.69, 9.17) is 5.73 Å². The second-order valence-electron chi connectivity index (χ2n) is 3.57. The summed E-state index contributed by atoms with van der Waals surface area (Å²) < 4.78 is 11.7. The van der Waals surface area contributed by atoms with Crippen molar-refractivity contribution < 1.29 is 9.13 Å². The molecule has 0 aliphatic heterocycles. The summed E-state index contributed by atoms with van der Waals surface area (Å²) in [7, 11) is -1.13. The molecule has 0 bridgehead atoms. The topological polar surface area (TPSA) is 86.2 Å². The third kappa shape index (κ3) is 3.71. The molecule has 16 heavy (non-hydrogen) atoms. The smallest absolute Gasteiger partial charge is 0.269 e. The zero-order valence-corrected chi connectivity index (χ0v) is 9.78. The normalized spacial score (nSPS) is 14.4. The molecule has 0 saturated heterocycles. The van der Waals surface area contributed by atoms with Crippen molar-refractivity contribution in [3.05, 3.63) is 34.4 Å². The third-order valence-electron chi connectivity index (χ3n) is 2.07. The van der Waals surface area contributed by atoms with Crippen LogP contribution in [0.2, 0.25) is 0 Å². The largest absolute Gasteiger partial charge is 0.328 e. The van der Waals surface area contributed by atoms with Crippen LogP contribution in [0.1, 0.15) is 13.3 Å². The van der Waals surface area contributed by atoms with Crippen molar-refractivity contribution in [2.24, 2.45) is 5.73 Å². The molecule has 0 aliphatic carbocycles. The van der Waals surface area contributed by atoms with E-state index in [9.17, 15) is 14.3 Å². The summed E-state index contributed by atoms with van der Waals surface area (Å²) in [4.78, 5) is 10.5. The molecule has 2 N–H and O–H groups in total. The minimum absolute atomic E-state index is 0.00735. The van der Waals surface area contributed by atoms with Crippen LogP contribution in [0, 0.1) is 10.1 Å². The van der Waals surface area contributed by atoms with Crippen molar-refractivity contribution in [2.75, 3.05) is 5.75 Å². The lowest BCUT2D eigenvalue weighted by molar-refractivity contribution is -0.384. The maximum Gasteiger partial charge on any atom is 0.269 e. The van der Waals surface area contributed by atoms with E-state index in [1.165, 1.54) is 24.3 Å². The zero-order chi connectivity index (χ0) is 12.1. The first-order chi connectivity index (χ1) is 7.50. The van der Waals surface area contributed by atoms with Crippen molar-refractivity contribution in [1.82, 2.24) is 0 Å². The molecule has 1 aromatic rings. The molecule has 2 atom stereocenters. The molecule has 6 heteroatoms. The Morgan fingerprint density at radius 3 is 2.44 bits per heavy atom. The highest BCUT2D eigenvalue weighted by atomic mass is 32.2. The van der Waals surface area contributed by atoms with Gasteiger partial charge in [-0.15, -0.1) is 0 Å². The number of nitrogens with two attached hydrogens (primary N) is 1. The number of nitro groups is 1. The van der Waals surface area contributed by atoms with Gasteiger partial charge in [0.15, 0.2) is 0 Å². The van der Waals surface area contributed by atoms with Crippen LogP contribution < -0.4 is 5.73 Å². The van der Waals surface area contributed by atoms with Gasteiger partial charge in [0.05, 0.1) is 15.7 Å². The standard InChI is InChI=1S/C10H14N2O3S/c1-8(11)6-7-16(15)10-4-2-9(3-5-10)12(13)14/h2-5,8H,6-7,11H2,1H3. The quantitative estimate of drug-likeness (QED) is 0.625. The average Bonchev–Trinajstić information content (AvgIpc) is 2.26. The van der Waals surface area contributed by atoms with Crippen LogP contribution in [-0.2, 0) is 10.8 Å². The molecule has 0 radical (unpaired) electrons. The van der Waals surface area contributed by atoms with Crippen molar-refractivity contribution >= 4 is 16.5 Å². The number of nitrogens with zero attached hydrogens (tertiary/aromatic N) is 1. The molecule has 1 aromatic carbocycles. The van der Waals surface area contributed by atoms with Gasteiger partial charge in [0.25, 0.3) is 5.69 Å². The van der Waals surface area contributed by atoms with Gasteiger partial charge in [-0.2, -0.15) is 0 Å². The van der Waals surface area contributed by atoms with E-state index >= 15 is 0 Å². The molecule has 88 valence electrons. The Morgan fingerprint density at radius 2 is 2.00 bits per heavy atom. The van der Waals surface area contributed by atoms with Gasteiger partial charge < -0.3 is 5.73 Å². The second-order valence-corrected chi connectivity index (χ2v) is 5.14. The van der Waals surface area contributed by atoms with Gasteiger partial charge >= 0.3 is 0 Å². The molecule has 0 saturated carbocycles. The first-order valence-electron chi connectivity index (χ1n) is 4.89. The number of nitro benzene ring substituents is 1. The summed E-state index contributed by atoms with van der Waals surface area (Å²) in [6.07, 6.45) is 0.670. The molecular formula is C10H14N2O3S. The lowest BCUT2D eigenvalue weighted by Crippen LogP contribution is -2.17. The number of benzene rings is 1. The maximum atomic E-state index is 11.7. The van der Waals surface area contributed by atoms with E-state index in [0.717, 1.165) is 0 Å². The minimum Gasteiger partial charge on any atom is -0.328 e. The van der Waals surface area contributed by atoms with Crippen LogP contribution in [0.5, 0.6) is 0 Å². The van der Waals surface area contributed by atoms with Gasteiger partial charge in [-0.3, -0.25) is 14.3 Å². The lowest BCUT2D eigenvalue weighted by atomic mass is 10.3. The molecule has 1 rings (SSSR count). The minimum atomic E-state index is -1.13. The molecule has 0 fully saturated rings. The predicted molar refractivity (Wildman–Crippen MR) is 62.6 cm³/mol. The maximum absolute atomic E-state index is 11.7. The summed E-state index contributed by atoms with van der Waals surface area (Å²) in [5, 5.41) is 10.4. The number of rotatable bonds is 5. The monoisotopic (exact) mass is 242 g/mol. The molecule has 0 spiro atoms.